The lowest BCUT2D eigenvalue weighted by Crippen LogP contribution is -3.14. The van der Waals surface area contributed by atoms with Crippen LogP contribution in [0.25, 0.3) is 0 Å². The molecule has 0 radical (unpaired) electrons. The fraction of sp³-hybridized carbons (Fsp3) is 0.429. The van der Waals surface area contributed by atoms with Crippen molar-refractivity contribution in [3.63, 3.8) is 0 Å². The van der Waals surface area contributed by atoms with Crippen molar-refractivity contribution in [3.8, 4) is 0 Å². The number of aliphatic carboxylic acids is 1. The standard InChI is InChI=1S/C14H17FN2O3/c15-11-2-1-3-12(8-11)16-13(18)9-17-6-4-10(5-7-17)14(19)20/h1-3,8,10H,4-7,9H2,(H,16,18)(H,19,20). The summed E-state index contributed by atoms with van der Waals surface area (Å²) in [5.41, 5.74) is 0.430. The van der Waals surface area contributed by atoms with E-state index in [0.29, 0.717) is 31.6 Å². The molecule has 6 heteroatoms. The van der Waals surface area contributed by atoms with E-state index in [2.05, 4.69) is 5.32 Å². The maximum atomic E-state index is 13.0. The molecule has 20 heavy (non-hydrogen) atoms. The Morgan fingerprint density at radius 3 is 2.65 bits per heavy atom. The Kier molecular flexibility index (Phi) is 4.68. The zero-order chi connectivity index (χ0) is 14.5. The van der Waals surface area contributed by atoms with Gasteiger partial charge in [-0.25, -0.2) is 4.39 Å². The number of hydrogen-bond acceptors (Lipinski definition) is 3. The van der Waals surface area contributed by atoms with Crippen molar-refractivity contribution in [2.45, 2.75) is 12.8 Å². The van der Waals surface area contributed by atoms with Gasteiger partial charge >= 0.3 is 0 Å². The minimum atomic E-state index is -1.01. The second kappa shape index (κ2) is 6.47. The molecule has 0 atom stereocenters. The van der Waals surface area contributed by atoms with E-state index in [9.17, 15) is 19.1 Å². The molecule has 1 aromatic rings. The highest BCUT2D eigenvalue weighted by atomic mass is 19.1. The fourth-order valence-electron chi connectivity index (χ4n) is 2.44. The first-order valence-electron chi connectivity index (χ1n) is 6.64. The number of carboxylic acids is 1. The van der Waals surface area contributed by atoms with E-state index in [1.54, 1.807) is 6.07 Å². The minimum absolute atomic E-state index is 0.197. The van der Waals surface area contributed by atoms with Crippen molar-refractivity contribution in [2.24, 2.45) is 5.92 Å². The summed E-state index contributed by atoms with van der Waals surface area (Å²) in [6, 6.07) is 5.73. The van der Waals surface area contributed by atoms with E-state index in [1.807, 2.05) is 0 Å². The molecule has 1 saturated heterocycles. The van der Waals surface area contributed by atoms with Gasteiger partial charge < -0.3 is 20.1 Å². The normalized spacial score (nSPS) is 22.2. The second-order valence-corrected chi connectivity index (χ2v) is 5.08. The molecule has 0 aliphatic carbocycles. The van der Waals surface area contributed by atoms with Crippen LogP contribution in [-0.2, 0) is 9.59 Å². The lowest BCUT2D eigenvalue weighted by molar-refractivity contribution is -0.897. The molecule has 1 aromatic carbocycles. The number of anilines is 1. The number of benzene rings is 1. The molecule has 1 aliphatic heterocycles. The van der Waals surface area contributed by atoms with Gasteiger partial charge in [-0.05, 0) is 18.2 Å². The average molecular weight is 280 g/mol. The van der Waals surface area contributed by atoms with Crippen LogP contribution in [0.1, 0.15) is 12.8 Å². The third-order valence-electron chi connectivity index (χ3n) is 3.54. The third kappa shape index (κ3) is 4.03. The Hall–Kier alpha value is -1.95. The van der Waals surface area contributed by atoms with Gasteiger partial charge in [0.25, 0.3) is 5.91 Å². The highest BCUT2D eigenvalue weighted by Gasteiger charge is 2.24. The molecular formula is C14H17FN2O3. The van der Waals surface area contributed by atoms with Crippen LogP contribution in [0.5, 0.6) is 0 Å². The van der Waals surface area contributed by atoms with Crippen LogP contribution in [-0.4, -0.2) is 31.5 Å². The van der Waals surface area contributed by atoms with E-state index in [1.165, 1.54) is 18.2 Å². The molecule has 1 amide bonds. The molecule has 2 N–H and O–H groups in total. The Balaban J connectivity index is 1.80. The number of carbonyl (C=O) groups is 2. The van der Waals surface area contributed by atoms with Gasteiger partial charge in [0.2, 0.25) is 0 Å². The number of hydrogen-bond donors (Lipinski definition) is 2. The number of quaternary nitrogens is 1. The van der Waals surface area contributed by atoms with Gasteiger partial charge in [-0.3, -0.25) is 4.79 Å². The molecular weight excluding hydrogens is 263 g/mol. The first kappa shape index (κ1) is 14.5. The molecule has 108 valence electrons. The minimum Gasteiger partial charge on any atom is -0.550 e. The van der Waals surface area contributed by atoms with Gasteiger partial charge in [0.05, 0.1) is 13.1 Å². The number of nitrogens with one attached hydrogen (secondary N) is 2. The Morgan fingerprint density at radius 2 is 2.05 bits per heavy atom. The fourth-order valence-corrected chi connectivity index (χ4v) is 2.44. The summed E-state index contributed by atoms with van der Waals surface area (Å²) in [6.07, 6.45) is 1.07. The van der Waals surface area contributed by atoms with Gasteiger partial charge in [-0.2, -0.15) is 0 Å². The summed E-state index contributed by atoms with van der Waals surface area (Å²) < 4.78 is 13.0. The zero-order valence-electron chi connectivity index (χ0n) is 11.0. The molecule has 0 saturated carbocycles. The number of rotatable bonds is 4. The smallest absolute Gasteiger partial charge is 0.279 e. The summed E-state index contributed by atoms with van der Waals surface area (Å²) in [7, 11) is 0. The van der Waals surface area contributed by atoms with Crippen LogP contribution >= 0.6 is 0 Å². The summed E-state index contributed by atoms with van der Waals surface area (Å²) >= 11 is 0. The quantitative estimate of drug-likeness (QED) is 0.728. The van der Waals surface area contributed by atoms with E-state index in [0.717, 1.165) is 4.90 Å². The van der Waals surface area contributed by atoms with E-state index >= 15 is 0 Å². The summed E-state index contributed by atoms with van der Waals surface area (Å²) in [5.74, 6) is -2.00. The molecule has 2 rings (SSSR count). The first-order chi connectivity index (χ1) is 9.54. The van der Waals surface area contributed by atoms with E-state index in [4.69, 9.17) is 0 Å². The van der Waals surface area contributed by atoms with Crippen LogP contribution in [0.3, 0.4) is 0 Å². The second-order valence-electron chi connectivity index (χ2n) is 5.08. The summed E-state index contributed by atoms with van der Waals surface area (Å²) in [5, 5.41) is 13.4. The van der Waals surface area contributed by atoms with Crippen LogP contribution in [0.4, 0.5) is 10.1 Å². The van der Waals surface area contributed by atoms with Crippen LogP contribution in [0.2, 0.25) is 0 Å². The number of halogens is 1. The Morgan fingerprint density at radius 1 is 1.35 bits per heavy atom. The number of carbonyl (C=O) groups excluding carboxylic acids is 2. The highest BCUT2D eigenvalue weighted by Crippen LogP contribution is 2.09. The predicted octanol–water partition coefficient (Wildman–Crippen LogP) is -1.19. The Bertz CT molecular complexity index is 499. The average Bonchev–Trinajstić information content (AvgIpc) is 2.39. The number of piperidine rings is 1. The summed E-state index contributed by atoms with van der Waals surface area (Å²) in [4.78, 5) is 23.6. The molecule has 0 bridgehead atoms. The van der Waals surface area contributed by atoms with Crippen molar-refractivity contribution in [3.05, 3.63) is 30.1 Å². The van der Waals surface area contributed by atoms with Crippen LogP contribution < -0.4 is 15.3 Å². The van der Waals surface area contributed by atoms with Gasteiger partial charge in [0, 0.05) is 30.4 Å². The monoisotopic (exact) mass is 280 g/mol. The molecule has 0 unspecified atom stereocenters. The van der Waals surface area contributed by atoms with Gasteiger partial charge in [-0.15, -0.1) is 0 Å². The maximum Gasteiger partial charge on any atom is 0.279 e. The van der Waals surface area contributed by atoms with Crippen LogP contribution in [0, 0.1) is 11.7 Å². The van der Waals surface area contributed by atoms with Crippen molar-refractivity contribution in [1.82, 2.24) is 0 Å². The molecule has 1 aliphatic rings. The summed E-state index contributed by atoms with van der Waals surface area (Å²) in [6.45, 7) is 1.53. The molecule has 0 aromatic heterocycles. The predicted molar refractivity (Wildman–Crippen MR) is 68.3 cm³/mol. The van der Waals surface area contributed by atoms with Crippen molar-refractivity contribution in [2.75, 3.05) is 25.0 Å². The number of likely N-dealkylation sites (tertiary alicyclic amines) is 1. The van der Waals surface area contributed by atoms with Crippen LogP contribution in [0.15, 0.2) is 24.3 Å². The number of carboxylic acid groups (broad SMARTS) is 1. The third-order valence-corrected chi connectivity index (χ3v) is 3.54. The topological polar surface area (TPSA) is 73.7 Å². The largest absolute Gasteiger partial charge is 0.550 e. The molecule has 1 heterocycles. The van der Waals surface area contributed by atoms with E-state index < -0.39 is 17.7 Å². The zero-order valence-corrected chi connectivity index (χ0v) is 11.0. The van der Waals surface area contributed by atoms with Crippen molar-refractivity contribution >= 4 is 17.6 Å². The van der Waals surface area contributed by atoms with Gasteiger partial charge in [0.1, 0.15) is 5.82 Å². The SMILES string of the molecule is O=C(C[NH+]1CCC(C(=O)[O-])CC1)Nc1cccc(F)c1. The molecule has 1 fully saturated rings. The van der Waals surface area contributed by atoms with Gasteiger partial charge in [-0.1, -0.05) is 6.07 Å². The van der Waals surface area contributed by atoms with Crippen molar-refractivity contribution in [1.29, 1.82) is 0 Å². The Labute approximate surface area is 116 Å². The maximum absolute atomic E-state index is 13.0. The van der Waals surface area contributed by atoms with Gasteiger partial charge in [0.15, 0.2) is 6.54 Å². The molecule has 0 spiro atoms. The lowest BCUT2D eigenvalue weighted by atomic mass is 9.97. The van der Waals surface area contributed by atoms with E-state index in [-0.39, 0.29) is 12.5 Å². The van der Waals surface area contributed by atoms with Crippen molar-refractivity contribution < 1.29 is 24.0 Å². The first-order valence-corrected chi connectivity index (χ1v) is 6.64. The highest BCUT2D eigenvalue weighted by molar-refractivity contribution is 5.91. The lowest BCUT2D eigenvalue weighted by Gasteiger charge is -2.29. The molecule has 5 nitrogen and oxygen atoms in total. The number of amides is 1.